The summed E-state index contributed by atoms with van der Waals surface area (Å²) in [5.41, 5.74) is -0.748. The van der Waals surface area contributed by atoms with Gasteiger partial charge in [0.25, 0.3) is 0 Å². The molecule has 0 N–H and O–H groups in total. The molecule has 0 amide bonds. The van der Waals surface area contributed by atoms with Gasteiger partial charge in [0.2, 0.25) is 0 Å². The second-order valence-corrected chi connectivity index (χ2v) is 4.97. The normalized spacial score (nSPS) is 17.2. The fourth-order valence-electron chi connectivity index (χ4n) is 2.31. The van der Waals surface area contributed by atoms with Crippen LogP contribution in [0.2, 0.25) is 5.15 Å². The van der Waals surface area contributed by atoms with Crippen LogP contribution >= 0.6 is 11.6 Å². The smallest absolute Gasteiger partial charge is 0.357 e. The van der Waals surface area contributed by atoms with E-state index in [1.54, 1.807) is 11.9 Å². The van der Waals surface area contributed by atoms with Crippen molar-refractivity contribution in [2.24, 2.45) is 0 Å². The number of anilines is 1. The zero-order valence-electron chi connectivity index (χ0n) is 9.97. The summed E-state index contributed by atoms with van der Waals surface area (Å²) >= 11 is 5.67. The molecule has 0 spiro atoms. The minimum atomic E-state index is -4.39. The summed E-state index contributed by atoms with van der Waals surface area (Å²) < 4.78 is 38.1. The molecule has 1 fully saturated rings. The third-order valence-electron chi connectivity index (χ3n) is 3.34. The van der Waals surface area contributed by atoms with Crippen LogP contribution in [0.3, 0.4) is 0 Å². The molecule has 2 nitrogen and oxygen atoms in total. The number of hydrogen-bond acceptors (Lipinski definition) is 2. The third-order valence-corrected chi connectivity index (χ3v) is 3.54. The number of halogens is 4. The Morgan fingerprint density at radius 3 is 2.44 bits per heavy atom. The van der Waals surface area contributed by atoms with Gasteiger partial charge in [-0.05, 0) is 25.0 Å². The van der Waals surface area contributed by atoms with Crippen LogP contribution in [0.15, 0.2) is 12.1 Å². The number of rotatable bonds is 2. The van der Waals surface area contributed by atoms with E-state index in [0.29, 0.717) is 5.82 Å². The van der Waals surface area contributed by atoms with Gasteiger partial charge in [0.15, 0.2) is 0 Å². The van der Waals surface area contributed by atoms with E-state index in [4.69, 9.17) is 11.6 Å². The first-order valence-corrected chi connectivity index (χ1v) is 6.23. The molecule has 1 aliphatic carbocycles. The molecule has 1 saturated carbocycles. The van der Waals surface area contributed by atoms with Crippen LogP contribution in [0.5, 0.6) is 0 Å². The first-order valence-electron chi connectivity index (χ1n) is 5.85. The second-order valence-electron chi connectivity index (χ2n) is 4.58. The Bertz CT molecular complexity index is 428. The van der Waals surface area contributed by atoms with Crippen LogP contribution in [0.25, 0.3) is 0 Å². The zero-order chi connectivity index (χ0) is 13.3. The molecule has 0 aromatic carbocycles. The molecule has 0 radical (unpaired) electrons. The van der Waals surface area contributed by atoms with Crippen molar-refractivity contribution >= 4 is 17.4 Å². The van der Waals surface area contributed by atoms with Gasteiger partial charge in [-0.15, -0.1) is 0 Å². The van der Waals surface area contributed by atoms with Gasteiger partial charge < -0.3 is 4.90 Å². The first kappa shape index (κ1) is 13.5. The molecule has 2 rings (SSSR count). The second kappa shape index (κ2) is 4.96. The van der Waals surface area contributed by atoms with E-state index in [2.05, 4.69) is 4.98 Å². The molecular formula is C12H14ClF3N2. The van der Waals surface area contributed by atoms with Gasteiger partial charge in [0, 0.05) is 13.1 Å². The highest BCUT2D eigenvalue weighted by Crippen LogP contribution is 2.34. The van der Waals surface area contributed by atoms with Gasteiger partial charge >= 0.3 is 6.18 Å². The molecule has 6 heteroatoms. The summed E-state index contributed by atoms with van der Waals surface area (Å²) in [6.07, 6.45) is -0.181. The van der Waals surface area contributed by atoms with E-state index in [9.17, 15) is 13.2 Å². The van der Waals surface area contributed by atoms with Crippen molar-refractivity contribution in [3.05, 3.63) is 22.8 Å². The monoisotopic (exact) mass is 278 g/mol. The minimum absolute atomic E-state index is 0.121. The molecule has 18 heavy (non-hydrogen) atoms. The third kappa shape index (κ3) is 2.88. The molecule has 100 valence electrons. The van der Waals surface area contributed by atoms with Crippen molar-refractivity contribution in [1.82, 2.24) is 4.98 Å². The molecule has 1 aromatic heterocycles. The van der Waals surface area contributed by atoms with E-state index in [-0.39, 0.29) is 11.2 Å². The minimum Gasteiger partial charge on any atom is -0.357 e. The van der Waals surface area contributed by atoms with Crippen molar-refractivity contribution in [3.63, 3.8) is 0 Å². The lowest BCUT2D eigenvalue weighted by molar-refractivity contribution is -0.137. The van der Waals surface area contributed by atoms with Gasteiger partial charge in [-0.2, -0.15) is 13.2 Å². The largest absolute Gasteiger partial charge is 0.416 e. The van der Waals surface area contributed by atoms with E-state index in [1.165, 1.54) is 0 Å². The Morgan fingerprint density at radius 1 is 1.28 bits per heavy atom. The van der Waals surface area contributed by atoms with Crippen molar-refractivity contribution in [2.45, 2.75) is 37.9 Å². The van der Waals surface area contributed by atoms with E-state index in [1.807, 2.05) is 0 Å². The van der Waals surface area contributed by atoms with Crippen molar-refractivity contribution in [2.75, 3.05) is 11.9 Å². The highest BCUT2D eigenvalue weighted by Gasteiger charge is 2.32. The fourth-order valence-corrected chi connectivity index (χ4v) is 2.51. The molecule has 0 bridgehead atoms. The fraction of sp³-hybridized carbons (Fsp3) is 0.583. The predicted molar refractivity (Wildman–Crippen MR) is 64.9 cm³/mol. The van der Waals surface area contributed by atoms with Gasteiger partial charge in [-0.3, -0.25) is 0 Å². The Hall–Kier alpha value is -0.970. The van der Waals surface area contributed by atoms with Gasteiger partial charge in [0.05, 0.1) is 5.56 Å². The summed E-state index contributed by atoms with van der Waals surface area (Å²) in [5.74, 6) is 0.293. The van der Waals surface area contributed by atoms with E-state index >= 15 is 0 Å². The van der Waals surface area contributed by atoms with Crippen LogP contribution in [0.1, 0.15) is 31.2 Å². The van der Waals surface area contributed by atoms with Gasteiger partial charge in [0.1, 0.15) is 11.0 Å². The van der Waals surface area contributed by atoms with Crippen LogP contribution < -0.4 is 4.90 Å². The first-order chi connectivity index (χ1) is 8.38. The number of pyridine rings is 1. The van der Waals surface area contributed by atoms with Crippen molar-refractivity contribution in [3.8, 4) is 0 Å². The Balaban J connectivity index is 2.29. The summed E-state index contributed by atoms with van der Waals surface area (Å²) in [6.45, 7) is 0. The topological polar surface area (TPSA) is 16.1 Å². The SMILES string of the molecule is CN(c1cc(C(F)(F)F)cc(Cl)n1)C1CCCC1. The maximum atomic E-state index is 12.7. The van der Waals surface area contributed by atoms with Gasteiger partial charge in [-0.1, -0.05) is 24.4 Å². The number of alkyl halides is 3. The Labute approximate surface area is 109 Å². The van der Waals surface area contributed by atoms with Crippen molar-refractivity contribution in [1.29, 1.82) is 0 Å². The van der Waals surface area contributed by atoms with Crippen LogP contribution in [-0.2, 0) is 6.18 Å². The maximum absolute atomic E-state index is 12.7. The molecule has 0 saturated heterocycles. The molecule has 0 atom stereocenters. The molecule has 1 heterocycles. The van der Waals surface area contributed by atoms with E-state index in [0.717, 1.165) is 37.8 Å². The van der Waals surface area contributed by atoms with Crippen LogP contribution in [0.4, 0.5) is 19.0 Å². The highest BCUT2D eigenvalue weighted by atomic mass is 35.5. The van der Waals surface area contributed by atoms with Crippen LogP contribution in [0, 0.1) is 0 Å². The van der Waals surface area contributed by atoms with E-state index < -0.39 is 11.7 Å². The summed E-state index contributed by atoms with van der Waals surface area (Å²) in [5, 5.41) is -0.121. The Kier molecular flexibility index (Phi) is 3.71. The number of aromatic nitrogens is 1. The average Bonchev–Trinajstić information content (AvgIpc) is 2.79. The molecule has 0 unspecified atom stereocenters. The maximum Gasteiger partial charge on any atom is 0.416 e. The quantitative estimate of drug-likeness (QED) is 0.756. The summed E-state index contributed by atoms with van der Waals surface area (Å²) in [4.78, 5) is 5.78. The van der Waals surface area contributed by atoms with Crippen LogP contribution in [-0.4, -0.2) is 18.1 Å². The lowest BCUT2D eigenvalue weighted by Gasteiger charge is -2.26. The average molecular weight is 279 g/mol. The highest BCUT2D eigenvalue weighted by molar-refractivity contribution is 6.29. The molecule has 1 aliphatic rings. The molecule has 0 aliphatic heterocycles. The Morgan fingerprint density at radius 2 is 1.89 bits per heavy atom. The van der Waals surface area contributed by atoms with Gasteiger partial charge in [-0.25, -0.2) is 4.98 Å². The summed E-state index contributed by atoms with van der Waals surface area (Å²) in [6, 6.07) is 2.18. The summed E-state index contributed by atoms with van der Waals surface area (Å²) in [7, 11) is 1.77. The predicted octanol–water partition coefficient (Wildman–Crippen LogP) is 4.13. The molecule has 1 aromatic rings. The zero-order valence-corrected chi connectivity index (χ0v) is 10.7. The number of nitrogens with zero attached hydrogens (tertiary/aromatic N) is 2. The van der Waals surface area contributed by atoms with Crippen molar-refractivity contribution < 1.29 is 13.2 Å². The standard InChI is InChI=1S/C12H14ClF3N2/c1-18(9-4-2-3-5-9)11-7-8(12(14,15)16)6-10(13)17-11/h6-7,9H,2-5H2,1H3. The molecular weight excluding hydrogens is 265 g/mol. The number of hydrogen-bond donors (Lipinski definition) is 0. The lowest BCUT2D eigenvalue weighted by Crippen LogP contribution is -2.29. The lowest BCUT2D eigenvalue weighted by atomic mass is 10.2.